The van der Waals surface area contributed by atoms with Crippen LogP contribution >= 0.6 is 0 Å². The zero-order chi connectivity index (χ0) is 10.3. The summed E-state index contributed by atoms with van der Waals surface area (Å²) in [7, 11) is 0. The van der Waals surface area contributed by atoms with Gasteiger partial charge in [-0.05, 0) is 34.4 Å². The van der Waals surface area contributed by atoms with Crippen molar-refractivity contribution in [2.45, 2.75) is 20.3 Å². The Morgan fingerprint density at radius 1 is 1.19 bits per heavy atom. The minimum Gasteiger partial charge on any atom is -0.120 e. The molecule has 0 radical (unpaired) electrons. The van der Waals surface area contributed by atoms with Crippen LogP contribution in [0, 0.1) is 0 Å². The second-order valence-corrected chi connectivity index (χ2v) is 4.01. The van der Waals surface area contributed by atoms with Crippen LogP contribution in [0.1, 0.15) is 31.4 Å². The molecule has 80 valence electrons. The summed E-state index contributed by atoms with van der Waals surface area (Å²) in [5.74, 6) is 0.500. The molecule has 0 fully saturated rings. The number of rotatable bonds is 0. The summed E-state index contributed by atoms with van der Waals surface area (Å²) in [5, 5.41) is 0. The predicted octanol–water partition coefficient (Wildman–Crippen LogP) is 4.47. The molecule has 0 bridgehead atoms. The van der Waals surface area contributed by atoms with Gasteiger partial charge >= 0.3 is 0 Å². The smallest absolute Gasteiger partial charge is 0.00794 e. The Morgan fingerprint density at radius 2 is 2.00 bits per heavy atom. The average Bonchev–Trinajstić information content (AvgIpc) is 2.48. The summed E-state index contributed by atoms with van der Waals surface area (Å²) < 4.78 is 0. The third kappa shape index (κ3) is 1.39. The molecule has 2 aliphatic rings. The fraction of sp³-hybridized carbons (Fsp3) is 0.188. The first kappa shape index (κ1) is 10.7. The van der Waals surface area contributed by atoms with Gasteiger partial charge in [-0.2, -0.15) is 0 Å². The predicted molar refractivity (Wildman–Crippen MR) is 70.3 cm³/mol. The zero-order valence-electron chi connectivity index (χ0n) is 8.70. The SMILES string of the molecule is C.CC1C2=C(C=CC=C=C2)c2ccccc21. The Labute approximate surface area is 97.3 Å². The van der Waals surface area contributed by atoms with Crippen molar-refractivity contribution in [1.29, 1.82) is 0 Å². The zero-order valence-corrected chi connectivity index (χ0v) is 8.70. The molecule has 1 atom stereocenters. The monoisotopic (exact) mass is 208 g/mol. The second kappa shape index (κ2) is 4.00. The lowest BCUT2D eigenvalue weighted by Crippen LogP contribution is -1.89. The van der Waals surface area contributed by atoms with Crippen molar-refractivity contribution >= 4 is 5.57 Å². The van der Waals surface area contributed by atoms with Crippen LogP contribution < -0.4 is 0 Å². The van der Waals surface area contributed by atoms with Gasteiger partial charge in [-0.1, -0.05) is 50.8 Å². The largest absolute Gasteiger partial charge is 0.120 e. The fourth-order valence-electron chi connectivity index (χ4n) is 2.40. The van der Waals surface area contributed by atoms with Gasteiger partial charge in [0.1, 0.15) is 0 Å². The maximum Gasteiger partial charge on any atom is 0.00794 e. The van der Waals surface area contributed by atoms with E-state index in [-0.39, 0.29) is 7.43 Å². The molecule has 0 N–H and O–H groups in total. The summed E-state index contributed by atoms with van der Waals surface area (Å²) in [6.45, 7) is 2.26. The van der Waals surface area contributed by atoms with Gasteiger partial charge in [-0.15, -0.1) is 5.73 Å². The first-order valence-corrected chi connectivity index (χ1v) is 5.30. The molecule has 0 spiro atoms. The van der Waals surface area contributed by atoms with Crippen LogP contribution in [0.4, 0.5) is 0 Å². The Balaban J connectivity index is 0.000000963. The molecule has 2 aliphatic carbocycles. The summed E-state index contributed by atoms with van der Waals surface area (Å²) in [6.07, 6.45) is 8.33. The van der Waals surface area contributed by atoms with Crippen LogP contribution in [0.25, 0.3) is 5.57 Å². The summed E-state index contributed by atoms with van der Waals surface area (Å²) in [4.78, 5) is 0. The van der Waals surface area contributed by atoms with Gasteiger partial charge in [0, 0.05) is 5.92 Å². The Morgan fingerprint density at radius 3 is 2.88 bits per heavy atom. The fourth-order valence-corrected chi connectivity index (χ4v) is 2.40. The number of benzene rings is 1. The van der Waals surface area contributed by atoms with E-state index in [4.69, 9.17) is 0 Å². The number of hydrogen-bond donors (Lipinski definition) is 0. The highest BCUT2D eigenvalue weighted by atomic mass is 14.3. The van der Waals surface area contributed by atoms with E-state index in [1.54, 1.807) is 0 Å². The van der Waals surface area contributed by atoms with Crippen molar-refractivity contribution < 1.29 is 0 Å². The van der Waals surface area contributed by atoms with E-state index >= 15 is 0 Å². The molecule has 16 heavy (non-hydrogen) atoms. The molecule has 1 aromatic rings. The molecular weight excluding hydrogens is 192 g/mol. The van der Waals surface area contributed by atoms with Gasteiger partial charge in [0.2, 0.25) is 0 Å². The van der Waals surface area contributed by atoms with E-state index in [0.29, 0.717) is 5.92 Å². The number of hydrogen-bond acceptors (Lipinski definition) is 0. The van der Waals surface area contributed by atoms with E-state index in [1.807, 2.05) is 6.08 Å². The molecule has 1 aromatic carbocycles. The molecule has 0 amide bonds. The van der Waals surface area contributed by atoms with Gasteiger partial charge in [0.25, 0.3) is 0 Å². The lowest BCUT2D eigenvalue weighted by Gasteiger charge is -2.05. The minimum absolute atomic E-state index is 0. The minimum atomic E-state index is 0. The topological polar surface area (TPSA) is 0 Å². The maximum absolute atomic E-state index is 3.19. The average molecular weight is 208 g/mol. The van der Waals surface area contributed by atoms with Crippen molar-refractivity contribution in [2.75, 3.05) is 0 Å². The Hall–Kier alpha value is -1.78. The maximum atomic E-state index is 3.19. The molecule has 0 aromatic heterocycles. The lowest BCUT2D eigenvalue weighted by molar-refractivity contribution is 0.948. The molecule has 3 rings (SSSR count). The van der Waals surface area contributed by atoms with E-state index in [0.717, 1.165) is 0 Å². The number of fused-ring (bicyclic) bond motifs is 2. The van der Waals surface area contributed by atoms with E-state index in [9.17, 15) is 0 Å². The molecular formula is C16H16. The molecule has 0 saturated heterocycles. The van der Waals surface area contributed by atoms with Crippen LogP contribution in [-0.4, -0.2) is 0 Å². The van der Waals surface area contributed by atoms with E-state index in [1.165, 1.54) is 22.3 Å². The van der Waals surface area contributed by atoms with Gasteiger partial charge in [-0.25, -0.2) is 0 Å². The summed E-state index contributed by atoms with van der Waals surface area (Å²) in [5.41, 5.74) is 8.76. The van der Waals surface area contributed by atoms with Crippen LogP contribution in [-0.2, 0) is 0 Å². The van der Waals surface area contributed by atoms with Crippen LogP contribution in [0.5, 0.6) is 0 Å². The summed E-state index contributed by atoms with van der Waals surface area (Å²) in [6, 6.07) is 8.65. The van der Waals surface area contributed by atoms with Gasteiger partial charge in [-0.3, -0.25) is 0 Å². The van der Waals surface area contributed by atoms with Crippen molar-refractivity contribution in [3.05, 3.63) is 71.0 Å². The third-order valence-electron chi connectivity index (χ3n) is 3.19. The lowest BCUT2D eigenvalue weighted by atomic mass is 9.98. The van der Waals surface area contributed by atoms with Gasteiger partial charge < -0.3 is 0 Å². The standard InChI is InChI=1S/C15H12.CH4/c1-11-12-7-3-2-4-9-14(12)15-10-6-5-8-13(11)15;/h2,4-11H,1H3;1H4. The first-order valence-electron chi connectivity index (χ1n) is 5.30. The molecule has 0 heteroatoms. The van der Waals surface area contributed by atoms with Crippen molar-refractivity contribution in [3.63, 3.8) is 0 Å². The molecule has 0 saturated carbocycles. The highest BCUT2D eigenvalue weighted by Crippen LogP contribution is 2.42. The van der Waals surface area contributed by atoms with E-state index < -0.39 is 0 Å². The second-order valence-electron chi connectivity index (χ2n) is 4.01. The Bertz CT molecular complexity index is 535. The highest BCUT2D eigenvalue weighted by Gasteiger charge is 2.24. The Kier molecular flexibility index (Phi) is 2.68. The van der Waals surface area contributed by atoms with Gasteiger partial charge in [0.15, 0.2) is 0 Å². The third-order valence-corrected chi connectivity index (χ3v) is 3.19. The summed E-state index contributed by atoms with van der Waals surface area (Å²) >= 11 is 0. The van der Waals surface area contributed by atoms with Crippen LogP contribution in [0.2, 0.25) is 0 Å². The van der Waals surface area contributed by atoms with Crippen molar-refractivity contribution in [2.24, 2.45) is 0 Å². The highest BCUT2D eigenvalue weighted by molar-refractivity contribution is 5.86. The molecule has 0 aliphatic heterocycles. The number of allylic oxidation sites excluding steroid dienone is 5. The first-order chi connectivity index (χ1) is 7.38. The quantitative estimate of drug-likeness (QED) is 0.552. The van der Waals surface area contributed by atoms with Crippen molar-refractivity contribution in [1.82, 2.24) is 0 Å². The molecule has 1 unspecified atom stereocenters. The normalized spacial score (nSPS) is 20.2. The van der Waals surface area contributed by atoms with Crippen LogP contribution in [0.3, 0.4) is 0 Å². The molecule has 0 heterocycles. The van der Waals surface area contributed by atoms with Crippen LogP contribution in [0.15, 0.2) is 59.9 Å². The van der Waals surface area contributed by atoms with E-state index in [2.05, 4.69) is 55.1 Å². The molecule has 0 nitrogen and oxygen atoms in total. The van der Waals surface area contributed by atoms with Crippen molar-refractivity contribution in [3.8, 4) is 0 Å². The van der Waals surface area contributed by atoms with Gasteiger partial charge in [0.05, 0.1) is 0 Å².